The molecule has 0 saturated heterocycles. The van der Waals surface area contributed by atoms with Crippen molar-refractivity contribution in [3.63, 3.8) is 0 Å². The first kappa shape index (κ1) is 34.2. The van der Waals surface area contributed by atoms with Crippen LogP contribution in [-0.4, -0.2) is 6.71 Å². The Kier molecular flexibility index (Phi) is 7.38. The summed E-state index contributed by atoms with van der Waals surface area (Å²) < 4.78 is 29.6. The van der Waals surface area contributed by atoms with Gasteiger partial charge in [-0.1, -0.05) is 139 Å². The topological polar surface area (TPSA) is 6.48 Å². The Morgan fingerprint density at radius 3 is 1.97 bits per heavy atom. The number of hydrogen-bond donors (Lipinski definition) is 0. The molecule has 0 atom stereocenters. The Bertz CT molecular complexity index is 3190. The molecule has 2 nitrogen and oxygen atoms in total. The summed E-state index contributed by atoms with van der Waals surface area (Å²) in [5.74, 6) is 0. The van der Waals surface area contributed by atoms with Crippen LogP contribution >= 0.6 is 11.3 Å². The van der Waals surface area contributed by atoms with Crippen LogP contribution in [0.4, 0.5) is 34.1 Å². The smallest absolute Gasteiger partial charge is 0.252 e. The normalized spacial score (nSPS) is 17.1. The fourth-order valence-corrected chi connectivity index (χ4v) is 11.9. The van der Waals surface area contributed by atoms with Gasteiger partial charge in [-0.05, 0) is 141 Å². The van der Waals surface area contributed by atoms with Crippen molar-refractivity contribution in [2.24, 2.45) is 0 Å². The van der Waals surface area contributed by atoms with E-state index in [1.54, 1.807) is 0 Å². The second-order valence-corrected chi connectivity index (χ2v) is 21.0. The minimum absolute atomic E-state index is 0.0168. The Hall–Kier alpha value is -5.58. The lowest BCUT2D eigenvalue weighted by Crippen LogP contribution is -2.62. The lowest BCUT2D eigenvalue weighted by Gasteiger charge is -2.47. The number of hydrogen-bond acceptors (Lipinski definition) is 3. The van der Waals surface area contributed by atoms with E-state index in [1.807, 2.05) is 23.5 Å². The molecule has 60 heavy (non-hydrogen) atoms. The van der Waals surface area contributed by atoms with Gasteiger partial charge >= 0.3 is 0 Å². The highest BCUT2D eigenvalue weighted by atomic mass is 32.1. The molecule has 0 amide bonds. The summed E-state index contributed by atoms with van der Waals surface area (Å²) >= 11 is 1.82. The van der Waals surface area contributed by atoms with Crippen LogP contribution in [0.15, 0.2) is 133 Å². The molecule has 4 heteroatoms. The van der Waals surface area contributed by atoms with E-state index in [9.17, 15) is 0 Å². The summed E-state index contributed by atoms with van der Waals surface area (Å²) in [5, 5.41) is 2.46. The van der Waals surface area contributed by atoms with Crippen molar-refractivity contribution in [2.75, 3.05) is 9.80 Å². The number of anilines is 6. The van der Waals surface area contributed by atoms with Crippen molar-refractivity contribution < 1.29 is 4.11 Å². The second kappa shape index (κ2) is 13.0. The number of benzene rings is 7. The molecule has 1 aliphatic carbocycles. The molecular formula is C56H53BN2S. The largest absolute Gasteiger partial charge is 0.311 e. The van der Waals surface area contributed by atoms with Crippen LogP contribution in [0.1, 0.15) is 93.2 Å². The van der Waals surface area contributed by atoms with Crippen molar-refractivity contribution in [3.8, 4) is 11.1 Å². The molecule has 1 aromatic heterocycles. The van der Waals surface area contributed by atoms with Crippen LogP contribution in [0, 0.1) is 13.8 Å². The summed E-state index contributed by atoms with van der Waals surface area (Å²) in [4.78, 5) is 4.84. The zero-order chi connectivity index (χ0) is 44.0. The molecule has 8 aromatic rings. The van der Waals surface area contributed by atoms with Gasteiger partial charge in [-0.3, -0.25) is 0 Å². The van der Waals surface area contributed by atoms with E-state index in [4.69, 9.17) is 4.11 Å². The van der Waals surface area contributed by atoms with Gasteiger partial charge in [0.1, 0.15) is 0 Å². The van der Waals surface area contributed by atoms with E-state index >= 15 is 0 Å². The summed E-state index contributed by atoms with van der Waals surface area (Å²) in [6.07, 6.45) is 2.21. The van der Waals surface area contributed by atoms with Crippen molar-refractivity contribution in [1.82, 2.24) is 0 Å². The molecule has 7 aromatic carbocycles. The lowest BCUT2D eigenvalue weighted by atomic mass is 9.33. The van der Waals surface area contributed by atoms with Crippen LogP contribution in [0.3, 0.4) is 0 Å². The second-order valence-electron chi connectivity index (χ2n) is 19.9. The van der Waals surface area contributed by atoms with Gasteiger partial charge in [0.15, 0.2) is 0 Å². The number of fused-ring (bicyclic) bond motifs is 8. The maximum absolute atomic E-state index is 9.07. The Morgan fingerprint density at radius 1 is 0.583 bits per heavy atom. The molecule has 0 saturated carbocycles. The predicted molar refractivity (Wildman–Crippen MR) is 262 cm³/mol. The van der Waals surface area contributed by atoms with E-state index in [-0.39, 0.29) is 23.0 Å². The molecule has 0 fully saturated rings. The molecule has 296 valence electrons. The first-order chi connectivity index (χ1) is 29.9. The SMILES string of the molecule is [2H]C([2H])([2H])c1cc2c3c(c1)N(c1cccc4c1sc1ccccc14)c1cc4c(cc1B3c1ccc(-c3ccccc3)cc1N2c1ccc(C(C)(C)C)cc1C)C(C)(C)CCC4(C)C. The lowest BCUT2D eigenvalue weighted by molar-refractivity contribution is 0.332. The molecule has 0 bridgehead atoms. The van der Waals surface area contributed by atoms with Gasteiger partial charge in [-0.15, -0.1) is 11.3 Å². The molecule has 0 N–H and O–H groups in total. The van der Waals surface area contributed by atoms with Gasteiger partial charge in [0.2, 0.25) is 0 Å². The minimum Gasteiger partial charge on any atom is -0.311 e. The molecule has 11 rings (SSSR count). The number of nitrogens with zero attached hydrogens (tertiary/aromatic N) is 2. The fraction of sp³-hybridized carbons (Fsp3) is 0.250. The number of aryl methyl sites for hydroxylation is 2. The van der Waals surface area contributed by atoms with Gasteiger partial charge in [0, 0.05) is 48.0 Å². The quantitative estimate of drug-likeness (QED) is 0.164. The Balaban J connectivity index is 1.30. The van der Waals surface area contributed by atoms with Gasteiger partial charge in [-0.2, -0.15) is 0 Å². The fourth-order valence-electron chi connectivity index (χ4n) is 10.7. The van der Waals surface area contributed by atoms with E-state index < -0.39 is 6.85 Å². The molecule has 0 radical (unpaired) electrons. The summed E-state index contributed by atoms with van der Waals surface area (Å²) in [7, 11) is 0. The van der Waals surface area contributed by atoms with Gasteiger partial charge in [-0.25, -0.2) is 0 Å². The predicted octanol–water partition coefficient (Wildman–Crippen LogP) is 14.1. The maximum atomic E-state index is 9.07. The first-order valence-corrected chi connectivity index (χ1v) is 22.4. The zero-order valence-corrected chi connectivity index (χ0v) is 36.8. The first-order valence-electron chi connectivity index (χ1n) is 23.1. The molecule has 3 aliphatic rings. The third kappa shape index (κ3) is 5.52. The van der Waals surface area contributed by atoms with E-state index in [0.717, 1.165) is 69.1 Å². The number of thiophene rings is 1. The average molecular weight is 800 g/mol. The van der Waals surface area contributed by atoms with Crippen LogP contribution in [0.5, 0.6) is 0 Å². The average Bonchev–Trinajstić information content (AvgIpc) is 3.64. The molecule has 2 aliphatic heterocycles. The van der Waals surface area contributed by atoms with E-state index in [2.05, 4.69) is 187 Å². The summed E-state index contributed by atoms with van der Waals surface area (Å²) in [6.45, 7) is 16.1. The Morgan fingerprint density at radius 2 is 1.25 bits per heavy atom. The van der Waals surface area contributed by atoms with Crippen LogP contribution in [-0.2, 0) is 16.2 Å². The highest BCUT2D eigenvalue weighted by Gasteiger charge is 2.47. The number of rotatable bonds is 3. The maximum Gasteiger partial charge on any atom is 0.252 e. The minimum atomic E-state index is -2.36. The van der Waals surface area contributed by atoms with Crippen molar-refractivity contribution in [2.45, 2.75) is 91.3 Å². The summed E-state index contributed by atoms with van der Waals surface area (Å²) in [6, 6.07) is 48.9. The highest BCUT2D eigenvalue weighted by molar-refractivity contribution is 7.26. The molecular weight excluding hydrogens is 744 g/mol. The van der Waals surface area contributed by atoms with Crippen LogP contribution < -0.4 is 26.2 Å². The van der Waals surface area contributed by atoms with Gasteiger partial charge in [0.05, 0.1) is 10.4 Å². The third-order valence-corrected chi connectivity index (χ3v) is 15.3. The summed E-state index contributed by atoms with van der Waals surface area (Å²) in [5.41, 5.74) is 17.5. The van der Waals surface area contributed by atoms with Crippen LogP contribution in [0.25, 0.3) is 31.3 Å². The molecule has 0 unspecified atom stereocenters. The van der Waals surface area contributed by atoms with Crippen molar-refractivity contribution >= 4 is 88.7 Å². The Labute approximate surface area is 364 Å². The van der Waals surface area contributed by atoms with Gasteiger partial charge in [0.25, 0.3) is 6.71 Å². The van der Waals surface area contributed by atoms with Crippen molar-refractivity contribution in [3.05, 3.63) is 161 Å². The molecule has 0 spiro atoms. The van der Waals surface area contributed by atoms with Crippen molar-refractivity contribution in [1.29, 1.82) is 0 Å². The highest BCUT2D eigenvalue weighted by Crippen LogP contribution is 2.52. The van der Waals surface area contributed by atoms with E-state index in [1.165, 1.54) is 47.8 Å². The standard InChI is InChI=1S/C56H53BN2S/c1-34-28-49-52-50(29-34)59(46-20-15-19-40-39-18-13-14-21-51(39)60-53(40)46)48-33-42-41(55(6,7)26-27-56(42,8)9)32-44(48)57(52)43-24-22-37(36-16-11-10-12-17-36)31-47(43)58(49)45-25-23-38(30-35(45)2)54(3,4)5/h10-25,28-33H,26-27H2,1-9H3/i1D3. The molecule has 3 heterocycles. The van der Waals surface area contributed by atoms with Gasteiger partial charge < -0.3 is 9.80 Å². The van der Waals surface area contributed by atoms with Crippen LogP contribution in [0.2, 0.25) is 0 Å². The zero-order valence-electron chi connectivity index (χ0n) is 39.0. The monoisotopic (exact) mass is 799 g/mol. The third-order valence-electron chi connectivity index (χ3n) is 14.1. The van der Waals surface area contributed by atoms with E-state index in [0.29, 0.717) is 5.56 Å².